The summed E-state index contributed by atoms with van der Waals surface area (Å²) in [6.07, 6.45) is 1.62. The number of hydrogen-bond acceptors (Lipinski definition) is 6. The molecule has 0 amide bonds. The van der Waals surface area contributed by atoms with Gasteiger partial charge in [0.05, 0.1) is 12.8 Å². The molecule has 0 spiro atoms. The van der Waals surface area contributed by atoms with E-state index in [2.05, 4.69) is 20.4 Å². The number of nitrogens with zero attached hydrogens (tertiary/aromatic N) is 3. The first kappa shape index (κ1) is 9.60. The molecule has 3 N–H and O–H groups in total. The zero-order chi connectivity index (χ0) is 10.8. The Balaban J connectivity index is 2.74. The number of nitrogens with one attached hydrogen (secondary N) is 1. The summed E-state index contributed by atoms with van der Waals surface area (Å²) in [7, 11) is 1.58. The largest absolute Gasteiger partial charge is 0.494 e. The van der Waals surface area contributed by atoms with Crippen LogP contribution in [0.25, 0.3) is 11.2 Å². The minimum atomic E-state index is 0.507. The van der Waals surface area contributed by atoms with Crippen LogP contribution >= 0.6 is 0 Å². The van der Waals surface area contributed by atoms with Gasteiger partial charge in [-0.25, -0.2) is 20.8 Å². The summed E-state index contributed by atoms with van der Waals surface area (Å²) in [5.41, 5.74) is 4.32. The van der Waals surface area contributed by atoms with Crippen molar-refractivity contribution >= 4 is 17.0 Å². The number of aryl methyl sites for hydroxylation is 1. The molecule has 0 atom stereocenters. The minimum absolute atomic E-state index is 0.507. The van der Waals surface area contributed by atoms with E-state index >= 15 is 0 Å². The van der Waals surface area contributed by atoms with Crippen molar-refractivity contribution in [2.24, 2.45) is 5.84 Å². The fraction of sp³-hybridized carbons (Fsp3) is 0.222. The molecule has 2 heterocycles. The van der Waals surface area contributed by atoms with E-state index in [0.717, 1.165) is 0 Å². The third-order valence-electron chi connectivity index (χ3n) is 2.06. The number of anilines is 1. The summed E-state index contributed by atoms with van der Waals surface area (Å²) < 4.78 is 5.16. The summed E-state index contributed by atoms with van der Waals surface area (Å²) in [4.78, 5) is 12.6. The number of hydrazine groups is 1. The van der Waals surface area contributed by atoms with Gasteiger partial charge in [-0.2, -0.15) is 0 Å². The maximum Gasteiger partial charge on any atom is 0.184 e. The Morgan fingerprint density at radius 2 is 2.20 bits per heavy atom. The summed E-state index contributed by atoms with van der Waals surface area (Å²) >= 11 is 0. The van der Waals surface area contributed by atoms with Crippen LogP contribution in [0.4, 0.5) is 5.82 Å². The number of pyridine rings is 1. The van der Waals surface area contributed by atoms with Gasteiger partial charge in [0.1, 0.15) is 5.75 Å². The molecule has 0 aliphatic carbocycles. The van der Waals surface area contributed by atoms with Crippen molar-refractivity contribution in [3.63, 3.8) is 0 Å². The fourth-order valence-corrected chi connectivity index (χ4v) is 1.32. The van der Waals surface area contributed by atoms with Gasteiger partial charge in [-0.1, -0.05) is 0 Å². The standard InChI is InChI=1S/C9H11N5O/c1-5-8(14-10)13-9-7(12-5)6(15-2)3-4-11-9/h3-4H,10H2,1-2H3,(H,11,13,14). The lowest BCUT2D eigenvalue weighted by molar-refractivity contribution is 0.418. The Morgan fingerprint density at radius 1 is 1.40 bits per heavy atom. The quantitative estimate of drug-likeness (QED) is 0.552. The molecule has 0 bridgehead atoms. The Kier molecular flexibility index (Phi) is 2.34. The van der Waals surface area contributed by atoms with Gasteiger partial charge in [0.2, 0.25) is 0 Å². The Bertz CT molecular complexity index is 499. The van der Waals surface area contributed by atoms with Crippen LogP contribution in [0.2, 0.25) is 0 Å². The monoisotopic (exact) mass is 205 g/mol. The van der Waals surface area contributed by atoms with Crippen LogP contribution in [0, 0.1) is 6.92 Å². The average Bonchev–Trinajstić information content (AvgIpc) is 2.27. The topological polar surface area (TPSA) is 86.0 Å². The second-order valence-corrected chi connectivity index (χ2v) is 2.99. The van der Waals surface area contributed by atoms with Crippen LogP contribution in [0.5, 0.6) is 5.75 Å². The Hall–Kier alpha value is -1.95. The van der Waals surface area contributed by atoms with Crippen molar-refractivity contribution < 1.29 is 4.74 Å². The molecule has 0 unspecified atom stereocenters. The van der Waals surface area contributed by atoms with Crippen LogP contribution in [-0.4, -0.2) is 22.1 Å². The van der Waals surface area contributed by atoms with Crippen molar-refractivity contribution in [3.05, 3.63) is 18.0 Å². The van der Waals surface area contributed by atoms with E-state index in [9.17, 15) is 0 Å². The summed E-state index contributed by atoms with van der Waals surface area (Å²) in [5, 5.41) is 0. The molecule has 2 aromatic heterocycles. The van der Waals surface area contributed by atoms with Crippen molar-refractivity contribution in [2.45, 2.75) is 6.92 Å². The lowest BCUT2D eigenvalue weighted by Crippen LogP contribution is -2.11. The van der Waals surface area contributed by atoms with Gasteiger partial charge in [0, 0.05) is 12.3 Å². The molecule has 0 saturated carbocycles. The third kappa shape index (κ3) is 1.55. The second-order valence-electron chi connectivity index (χ2n) is 2.99. The predicted molar refractivity (Wildman–Crippen MR) is 56.4 cm³/mol. The molecule has 6 nitrogen and oxygen atoms in total. The van der Waals surface area contributed by atoms with Gasteiger partial charge in [0.25, 0.3) is 0 Å². The third-order valence-corrected chi connectivity index (χ3v) is 2.06. The molecule has 78 valence electrons. The minimum Gasteiger partial charge on any atom is -0.494 e. The molecule has 15 heavy (non-hydrogen) atoms. The van der Waals surface area contributed by atoms with Crippen molar-refractivity contribution in [2.75, 3.05) is 12.5 Å². The zero-order valence-electron chi connectivity index (χ0n) is 8.48. The molecule has 0 aromatic carbocycles. The lowest BCUT2D eigenvalue weighted by Gasteiger charge is -2.07. The Labute approximate surface area is 86.5 Å². The first-order valence-corrected chi connectivity index (χ1v) is 4.40. The van der Waals surface area contributed by atoms with Crippen molar-refractivity contribution in [3.8, 4) is 5.75 Å². The first-order valence-electron chi connectivity index (χ1n) is 4.40. The molecular weight excluding hydrogens is 194 g/mol. The highest BCUT2D eigenvalue weighted by atomic mass is 16.5. The van der Waals surface area contributed by atoms with Crippen LogP contribution in [0.15, 0.2) is 12.3 Å². The van der Waals surface area contributed by atoms with E-state index in [4.69, 9.17) is 10.6 Å². The summed E-state index contributed by atoms with van der Waals surface area (Å²) in [5.74, 6) is 6.47. The first-order chi connectivity index (χ1) is 7.26. The highest BCUT2D eigenvalue weighted by Gasteiger charge is 2.08. The molecule has 0 saturated heterocycles. The maximum atomic E-state index is 5.30. The van der Waals surface area contributed by atoms with Gasteiger partial charge < -0.3 is 10.2 Å². The molecule has 6 heteroatoms. The Morgan fingerprint density at radius 3 is 2.87 bits per heavy atom. The number of nitrogens with two attached hydrogens (primary N) is 1. The fourth-order valence-electron chi connectivity index (χ4n) is 1.32. The van der Waals surface area contributed by atoms with Gasteiger partial charge >= 0.3 is 0 Å². The number of rotatable bonds is 2. The van der Waals surface area contributed by atoms with E-state index in [0.29, 0.717) is 28.4 Å². The average molecular weight is 205 g/mol. The second kappa shape index (κ2) is 3.66. The van der Waals surface area contributed by atoms with Crippen molar-refractivity contribution in [1.29, 1.82) is 0 Å². The lowest BCUT2D eigenvalue weighted by atomic mass is 10.3. The van der Waals surface area contributed by atoms with Crippen LogP contribution in [0.3, 0.4) is 0 Å². The predicted octanol–water partition coefficient (Wildman–Crippen LogP) is 0.627. The van der Waals surface area contributed by atoms with Gasteiger partial charge in [-0.05, 0) is 6.92 Å². The van der Waals surface area contributed by atoms with Crippen LogP contribution < -0.4 is 16.0 Å². The highest BCUT2D eigenvalue weighted by Crippen LogP contribution is 2.22. The smallest absolute Gasteiger partial charge is 0.184 e. The molecule has 0 radical (unpaired) electrons. The van der Waals surface area contributed by atoms with Gasteiger partial charge in [0.15, 0.2) is 17.0 Å². The number of ether oxygens (including phenoxy) is 1. The summed E-state index contributed by atoms with van der Waals surface area (Å²) in [6, 6.07) is 1.74. The van der Waals surface area contributed by atoms with Crippen molar-refractivity contribution in [1.82, 2.24) is 15.0 Å². The number of methoxy groups -OCH3 is 1. The number of aromatic nitrogens is 3. The molecule has 2 rings (SSSR count). The van der Waals surface area contributed by atoms with Crippen LogP contribution in [-0.2, 0) is 0 Å². The molecular formula is C9H11N5O. The van der Waals surface area contributed by atoms with Crippen LogP contribution in [0.1, 0.15) is 5.69 Å². The van der Waals surface area contributed by atoms with E-state index in [1.807, 2.05) is 6.92 Å². The molecule has 0 aliphatic heterocycles. The summed E-state index contributed by atoms with van der Waals surface area (Å²) in [6.45, 7) is 1.81. The zero-order valence-corrected chi connectivity index (χ0v) is 8.48. The number of nitrogen functional groups attached to an aromatic ring is 1. The molecule has 0 fully saturated rings. The molecule has 2 aromatic rings. The van der Waals surface area contributed by atoms with Gasteiger partial charge in [-0.3, -0.25) is 0 Å². The highest BCUT2D eigenvalue weighted by molar-refractivity contribution is 5.78. The van der Waals surface area contributed by atoms with E-state index in [1.54, 1.807) is 19.4 Å². The van der Waals surface area contributed by atoms with E-state index < -0.39 is 0 Å². The normalized spacial score (nSPS) is 10.3. The van der Waals surface area contributed by atoms with E-state index in [1.165, 1.54) is 0 Å². The molecule has 0 aliphatic rings. The van der Waals surface area contributed by atoms with Gasteiger partial charge in [-0.15, -0.1) is 0 Å². The van der Waals surface area contributed by atoms with E-state index in [-0.39, 0.29) is 0 Å². The number of fused-ring (bicyclic) bond motifs is 1. The SMILES string of the molecule is COc1ccnc2nc(NN)c(C)nc12. The number of hydrogen-bond donors (Lipinski definition) is 2. The maximum absolute atomic E-state index is 5.30.